The summed E-state index contributed by atoms with van der Waals surface area (Å²) in [6.45, 7) is -0.139. The molecule has 0 fully saturated rings. The summed E-state index contributed by atoms with van der Waals surface area (Å²) in [5, 5.41) is 8.41. The van der Waals surface area contributed by atoms with Gasteiger partial charge in [-0.05, 0) is 17.7 Å². The highest BCUT2D eigenvalue weighted by molar-refractivity contribution is 5.97. The standard InChI is InChI=1S/C10H10FNO4/c11-7-3-1-6(2-4-7)5-16-10(15)8(12)9(13)14/h1-4,8H,5,12H2,(H,13,14)/t8-/m1/s1. The third-order valence-corrected chi connectivity index (χ3v) is 1.81. The van der Waals surface area contributed by atoms with Crippen LogP contribution in [0.4, 0.5) is 4.39 Å². The van der Waals surface area contributed by atoms with Gasteiger partial charge in [-0.15, -0.1) is 0 Å². The second-order valence-corrected chi connectivity index (χ2v) is 3.05. The predicted molar refractivity (Wildman–Crippen MR) is 51.8 cm³/mol. The maximum absolute atomic E-state index is 12.5. The van der Waals surface area contributed by atoms with E-state index in [1.165, 1.54) is 24.3 Å². The van der Waals surface area contributed by atoms with E-state index in [4.69, 9.17) is 10.8 Å². The molecule has 16 heavy (non-hydrogen) atoms. The summed E-state index contributed by atoms with van der Waals surface area (Å²) < 4.78 is 17.1. The van der Waals surface area contributed by atoms with Crippen molar-refractivity contribution < 1.29 is 23.8 Å². The lowest BCUT2D eigenvalue weighted by Crippen LogP contribution is -2.39. The smallest absolute Gasteiger partial charge is 0.334 e. The summed E-state index contributed by atoms with van der Waals surface area (Å²) in [7, 11) is 0. The number of carboxylic acid groups (broad SMARTS) is 1. The first-order chi connectivity index (χ1) is 7.50. The van der Waals surface area contributed by atoms with Crippen LogP contribution in [0.15, 0.2) is 24.3 Å². The van der Waals surface area contributed by atoms with Crippen molar-refractivity contribution in [1.29, 1.82) is 0 Å². The van der Waals surface area contributed by atoms with Gasteiger partial charge in [-0.2, -0.15) is 0 Å². The van der Waals surface area contributed by atoms with E-state index in [-0.39, 0.29) is 6.61 Å². The fraction of sp³-hybridized carbons (Fsp3) is 0.200. The van der Waals surface area contributed by atoms with Crippen molar-refractivity contribution in [3.05, 3.63) is 35.6 Å². The maximum atomic E-state index is 12.5. The molecule has 6 heteroatoms. The number of aliphatic carboxylic acids is 1. The van der Waals surface area contributed by atoms with Gasteiger partial charge < -0.3 is 15.6 Å². The molecule has 0 unspecified atom stereocenters. The first kappa shape index (κ1) is 12.1. The van der Waals surface area contributed by atoms with Crippen LogP contribution < -0.4 is 5.73 Å². The molecule has 0 radical (unpaired) electrons. The van der Waals surface area contributed by atoms with Gasteiger partial charge in [-0.1, -0.05) is 12.1 Å². The molecule has 0 amide bonds. The summed E-state index contributed by atoms with van der Waals surface area (Å²) in [4.78, 5) is 21.3. The van der Waals surface area contributed by atoms with E-state index in [1.807, 2.05) is 0 Å². The van der Waals surface area contributed by atoms with Gasteiger partial charge in [0.2, 0.25) is 6.04 Å². The average molecular weight is 227 g/mol. The molecule has 1 rings (SSSR count). The highest BCUT2D eigenvalue weighted by atomic mass is 19.1. The number of carbonyl (C=O) groups excluding carboxylic acids is 1. The molecule has 3 N–H and O–H groups in total. The van der Waals surface area contributed by atoms with Crippen molar-refractivity contribution in [3.63, 3.8) is 0 Å². The van der Waals surface area contributed by atoms with Gasteiger partial charge in [0.05, 0.1) is 0 Å². The Balaban J connectivity index is 2.49. The van der Waals surface area contributed by atoms with Gasteiger partial charge in [0.25, 0.3) is 0 Å². The number of hydrogen-bond acceptors (Lipinski definition) is 4. The van der Waals surface area contributed by atoms with Gasteiger partial charge in [-0.3, -0.25) is 0 Å². The number of benzene rings is 1. The Kier molecular flexibility index (Phi) is 3.96. The quantitative estimate of drug-likeness (QED) is 0.569. The van der Waals surface area contributed by atoms with E-state index in [0.717, 1.165) is 0 Å². The van der Waals surface area contributed by atoms with E-state index in [9.17, 15) is 14.0 Å². The van der Waals surface area contributed by atoms with Crippen LogP contribution in [-0.4, -0.2) is 23.1 Å². The Morgan fingerprint density at radius 1 is 1.38 bits per heavy atom. The van der Waals surface area contributed by atoms with E-state index in [2.05, 4.69) is 4.74 Å². The Labute approximate surface area is 90.6 Å². The predicted octanol–water partition coefficient (Wildman–Crippen LogP) is 0.281. The second kappa shape index (κ2) is 5.22. The first-order valence-electron chi connectivity index (χ1n) is 4.40. The zero-order valence-electron chi connectivity index (χ0n) is 8.22. The first-order valence-corrected chi connectivity index (χ1v) is 4.40. The summed E-state index contributed by atoms with van der Waals surface area (Å²) in [6.07, 6.45) is 0. The van der Waals surface area contributed by atoms with E-state index in [0.29, 0.717) is 5.56 Å². The number of carboxylic acids is 1. The monoisotopic (exact) mass is 227 g/mol. The molecule has 0 saturated heterocycles. The lowest BCUT2D eigenvalue weighted by Gasteiger charge is -2.07. The number of rotatable bonds is 4. The van der Waals surface area contributed by atoms with Gasteiger partial charge in [0.1, 0.15) is 12.4 Å². The number of esters is 1. The zero-order valence-corrected chi connectivity index (χ0v) is 8.22. The van der Waals surface area contributed by atoms with E-state index in [1.54, 1.807) is 0 Å². The van der Waals surface area contributed by atoms with Crippen molar-refractivity contribution in [2.75, 3.05) is 0 Å². The summed E-state index contributed by atoms with van der Waals surface area (Å²) in [5.74, 6) is -2.89. The summed E-state index contributed by atoms with van der Waals surface area (Å²) in [6, 6.07) is 3.57. The van der Waals surface area contributed by atoms with Crippen LogP contribution in [0.25, 0.3) is 0 Å². The van der Waals surface area contributed by atoms with Gasteiger partial charge in [0.15, 0.2) is 0 Å². The molecule has 0 aromatic heterocycles. The van der Waals surface area contributed by atoms with Crippen LogP contribution in [-0.2, 0) is 20.9 Å². The minimum atomic E-state index is -1.69. The van der Waals surface area contributed by atoms with Crippen molar-refractivity contribution in [3.8, 4) is 0 Å². The molecule has 0 saturated carbocycles. The molecule has 0 aliphatic rings. The topological polar surface area (TPSA) is 89.6 Å². The van der Waals surface area contributed by atoms with Gasteiger partial charge in [-0.25, -0.2) is 14.0 Å². The normalized spacial score (nSPS) is 11.9. The van der Waals surface area contributed by atoms with Crippen molar-refractivity contribution in [1.82, 2.24) is 0 Å². The van der Waals surface area contributed by atoms with Crippen LogP contribution in [0.3, 0.4) is 0 Å². The SMILES string of the molecule is N[C@H](C(=O)O)C(=O)OCc1ccc(F)cc1. The Morgan fingerprint density at radius 3 is 2.44 bits per heavy atom. The van der Waals surface area contributed by atoms with Crippen molar-refractivity contribution in [2.45, 2.75) is 12.6 Å². The minimum absolute atomic E-state index is 0.139. The lowest BCUT2D eigenvalue weighted by molar-refractivity contribution is -0.154. The molecule has 1 aromatic carbocycles. The number of ether oxygens (including phenoxy) is 1. The molecule has 1 aromatic rings. The number of hydrogen-bond donors (Lipinski definition) is 2. The zero-order chi connectivity index (χ0) is 12.1. The molecule has 5 nitrogen and oxygen atoms in total. The fourth-order valence-electron chi connectivity index (χ4n) is 0.926. The van der Waals surface area contributed by atoms with Crippen LogP contribution in [0.5, 0.6) is 0 Å². The molecular weight excluding hydrogens is 217 g/mol. The third kappa shape index (κ3) is 3.32. The number of halogens is 1. The molecule has 0 aliphatic carbocycles. The Bertz CT molecular complexity index is 390. The molecule has 0 bridgehead atoms. The molecule has 0 heterocycles. The fourth-order valence-corrected chi connectivity index (χ4v) is 0.926. The molecule has 0 aliphatic heterocycles. The van der Waals surface area contributed by atoms with Crippen molar-refractivity contribution in [2.24, 2.45) is 5.73 Å². The molecular formula is C10H10FNO4. The molecule has 0 spiro atoms. The lowest BCUT2D eigenvalue weighted by atomic mass is 10.2. The van der Waals surface area contributed by atoms with Crippen LogP contribution in [0, 0.1) is 5.82 Å². The van der Waals surface area contributed by atoms with Gasteiger partial charge in [0, 0.05) is 0 Å². The highest BCUT2D eigenvalue weighted by Crippen LogP contribution is 2.04. The third-order valence-electron chi connectivity index (χ3n) is 1.81. The van der Waals surface area contributed by atoms with Crippen molar-refractivity contribution >= 4 is 11.9 Å². The second-order valence-electron chi connectivity index (χ2n) is 3.05. The number of carbonyl (C=O) groups is 2. The molecule has 86 valence electrons. The minimum Gasteiger partial charge on any atom is -0.480 e. The number of nitrogens with two attached hydrogens (primary N) is 1. The maximum Gasteiger partial charge on any atom is 0.334 e. The highest BCUT2D eigenvalue weighted by Gasteiger charge is 2.22. The summed E-state index contributed by atoms with van der Waals surface area (Å²) >= 11 is 0. The van der Waals surface area contributed by atoms with Crippen LogP contribution >= 0.6 is 0 Å². The largest absolute Gasteiger partial charge is 0.480 e. The summed E-state index contributed by atoms with van der Waals surface area (Å²) in [5.41, 5.74) is 5.56. The van der Waals surface area contributed by atoms with Crippen LogP contribution in [0.2, 0.25) is 0 Å². The average Bonchev–Trinajstić information content (AvgIpc) is 2.26. The molecule has 1 atom stereocenters. The Hall–Kier alpha value is -1.95. The van der Waals surface area contributed by atoms with E-state index >= 15 is 0 Å². The van der Waals surface area contributed by atoms with E-state index < -0.39 is 23.8 Å². The van der Waals surface area contributed by atoms with Crippen LogP contribution in [0.1, 0.15) is 5.56 Å². The Morgan fingerprint density at radius 2 is 1.94 bits per heavy atom. The van der Waals surface area contributed by atoms with Gasteiger partial charge >= 0.3 is 11.9 Å².